The molecule has 0 aromatic heterocycles. The number of ether oxygens (including phenoxy) is 1. The molecule has 0 bridgehead atoms. The number of hydrogen-bond donors (Lipinski definition) is 1. The highest BCUT2D eigenvalue weighted by molar-refractivity contribution is 5.77. The molecule has 0 aliphatic carbocycles. The van der Waals surface area contributed by atoms with Crippen molar-refractivity contribution in [2.75, 3.05) is 13.2 Å². The van der Waals surface area contributed by atoms with E-state index >= 15 is 0 Å². The van der Waals surface area contributed by atoms with Crippen molar-refractivity contribution in [2.45, 2.75) is 25.4 Å². The molecule has 0 spiro atoms. The van der Waals surface area contributed by atoms with Gasteiger partial charge in [0.25, 0.3) is 0 Å². The number of hydrogen-bond acceptors (Lipinski definition) is 3. The minimum atomic E-state index is -1.00. The average Bonchev–Trinajstić information content (AvgIpc) is 2.39. The molecule has 17 heavy (non-hydrogen) atoms. The quantitative estimate of drug-likeness (QED) is 0.815. The largest absolute Gasteiger partial charge is 0.385 e. The first-order chi connectivity index (χ1) is 8.16. The first-order valence-corrected chi connectivity index (χ1v) is 6.01. The average molecular weight is 234 g/mol. The van der Waals surface area contributed by atoms with E-state index in [1.165, 1.54) is 0 Å². The smallest absolute Gasteiger partial charge is 0.150 e. The van der Waals surface area contributed by atoms with E-state index in [0.29, 0.717) is 17.7 Å². The summed E-state index contributed by atoms with van der Waals surface area (Å²) < 4.78 is 5.42. The molecule has 1 aromatic carbocycles. The van der Waals surface area contributed by atoms with E-state index in [-0.39, 0.29) is 5.92 Å². The Morgan fingerprint density at radius 3 is 2.88 bits per heavy atom. The summed E-state index contributed by atoms with van der Waals surface area (Å²) in [4.78, 5) is 11.0. The summed E-state index contributed by atoms with van der Waals surface area (Å²) in [5, 5.41) is 10.7. The topological polar surface area (TPSA) is 46.5 Å². The lowest BCUT2D eigenvalue weighted by atomic mass is 9.78. The Bertz CT molecular complexity index is 392. The molecule has 3 nitrogen and oxygen atoms in total. The summed E-state index contributed by atoms with van der Waals surface area (Å²) in [5.41, 5.74) is 0.256. The maximum absolute atomic E-state index is 11.0. The van der Waals surface area contributed by atoms with Crippen LogP contribution in [0.4, 0.5) is 0 Å². The van der Waals surface area contributed by atoms with Crippen molar-refractivity contribution in [1.29, 1.82) is 0 Å². The van der Waals surface area contributed by atoms with E-state index in [4.69, 9.17) is 4.74 Å². The third kappa shape index (κ3) is 2.40. The Morgan fingerprint density at radius 1 is 1.47 bits per heavy atom. The SMILES string of the molecule is CC(O)(c1ccccc1C=O)C1CCCOC1. The maximum Gasteiger partial charge on any atom is 0.150 e. The van der Waals surface area contributed by atoms with Gasteiger partial charge < -0.3 is 9.84 Å². The van der Waals surface area contributed by atoms with Gasteiger partial charge in [0.05, 0.1) is 12.2 Å². The fourth-order valence-electron chi connectivity index (χ4n) is 2.46. The molecule has 0 radical (unpaired) electrons. The van der Waals surface area contributed by atoms with Gasteiger partial charge in [-0.15, -0.1) is 0 Å². The fourth-order valence-corrected chi connectivity index (χ4v) is 2.46. The van der Waals surface area contributed by atoms with E-state index in [1.54, 1.807) is 19.1 Å². The van der Waals surface area contributed by atoms with Crippen LogP contribution in [-0.2, 0) is 10.3 Å². The van der Waals surface area contributed by atoms with Crippen LogP contribution in [0, 0.1) is 5.92 Å². The van der Waals surface area contributed by atoms with Gasteiger partial charge in [0.15, 0.2) is 0 Å². The summed E-state index contributed by atoms with van der Waals surface area (Å²) in [6.45, 7) is 3.09. The summed E-state index contributed by atoms with van der Waals surface area (Å²) in [6, 6.07) is 7.21. The Morgan fingerprint density at radius 2 is 2.24 bits per heavy atom. The highest BCUT2D eigenvalue weighted by Gasteiger charge is 2.36. The second kappa shape index (κ2) is 4.98. The molecule has 92 valence electrons. The summed E-state index contributed by atoms with van der Waals surface area (Å²) >= 11 is 0. The van der Waals surface area contributed by atoms with Crippen molar-refractivity contribution in [1.82, 2.24) is 0 Å². The summed E-state index contributed by atoms with van der Waals surface area (Å²) in [7, 11) is 0. The summed E-state index contributed by atoms with van der Waals surface area (Å²) in [6.07, 6.45) is 2.69. The number of carbonyl (C=O) groups is 1. The van der Waals surface area contributed by atoms with Gasteiger partial charge in [-0.05, 0) is 25.3 Å². The standard InChI is InChI=1S/C14H18O3/c1-14(16,12-6-4-8-17-10-12)13-7-3-2-5-11(13)9-15/h2-3,5,7,9,12,16H,4,6,8,10H2,1H3. The van der Waals surface area contributed by atoms with E-state index in [1.807, 2.05) is 12.1 Å². The Balaban J connectivity index is 2.32. The third-order valence-corrected chi connectivity index (χ3v) is 3.59. The highest BCUT2D eigenvalue weighted by atomic mass is 16.5. The predicted octanol–water partition coefficient (Wildman–Crippen LogP) is 2.13. The van der Waals surface area contributed by atoms with Gasteiger partial charge in [-0.25, -0.2) is 0 Å². The van der Waals surface area contributed by atoms with Crippen molar-refractivity contribution in [3.05, 3.63) is 35.4 Å². The van der Waals surface area contributed by atoms with Gasteiger partial charge in [-0.1, -0.05) is 24.3 Å². The molecule has 3 heteroatoms. The second-order valence-electron chi connectivity index (χ2n) is 4.77. The lowest BCUT2D eigenvalue weighted by Crippen LogP contribution is -2.38. The molecule has 1 N–H and O–H groups in total. The minimum absolute atomic E-state index is 0.0531. The molecule has 1 aliphatic heterocycles. The van der Waals surface area contributed by atoms with Gasteiger partial charge in [-0.3, -0.25) is 4.79 Å². The van der Waals surface area contributed by atoms with E-state index in [2.05, 4.69) is 0 Å². The first kappa shape index (κ1) is 12.3. The Labute approximate surface area is 101 Å². The molecule has 1 heterocycles. The van der Waals surface area contributed by atoms with Crippen LogP contribution in [0.5, 0.6) is 0 Å². The molecule has 2 rings (SSSR count). The van der Waals surface area contributed by atoms with Crippen LogP contribution < -0.4 is 0 Å². The predicted molar refractivity (Wildman–Crippen MR) is 64.9 cm³/mol. The molecule has 0 amide bonds. The number of carbonyl (C=O) groups excluding carboxylic acids is 1. The van der Waals surface area contributed by atoms with Crippen molar-refractivity contribution < 1.29 is 14.6 Å². The van der Waals surface area contributed by atoms with Crippen molar-refractivity contribution in [3.8, 4) is 0 Å². The van der Waals surface area contributed by atoms with Crippen molar-refractivity contribution >= 4 is 6.29 Å². The number of aliphatic hydroxyl groups is 1. The van der Waals surface area contributed by atoms with Crippen molar-refractivity contribution in [2.24, 2.45) is 5.92 Å². The third-order valence-electron chi connectivity index (χ3n) is 3.59. The van der Waals surface area contributed by atoms with Crippen LogP contribution in [0.1, 0.15) is 35.7 Å². The molecule has 1 aromatic rings. The number of benzene rings is 1. The van der Waals surface area contributed by atoms with E-state index in [9.17, 15) is 9.90 Å². The monoisotopic (exact) mass is 234 g/mol. The van der Waals surface area contributed by atoms with Crippen LogP contribution in [0.25, 0.3) is 0 Å². The van der Waals surface area contributed by atoms with Crippen molar-refractivity contribution in [3.63, 3.8) is 0 Å². The first-order valence-electron chi connectivity index (χ1n) is 6.01. The van der Waals surface area contributed by atoms with Gasteiger partial charge in [0, 0.05) is 18.1 Å². The number of aldehydes is 1. The lowest BCUT2D eigenvalue weighted by Gasteiger charge is -2.36. The van der Waals surface area contributed by atoms with Crippen LogP contribution in [-0.4, -0.2) is 24.6 Å². The van der Waals surface area contributed by atoms with Gasteiger partial charge >= 0.3 is 0 Å². The summed E-state index contributed by atoms with van der Waals surface area (Å²) in [5.74, 6) is 0.0531. The minimum Gasteiger partial charge on any atom is -0.385 e. The van der Waals surface area contributed by atoms with Crippen LogP contribution in [0.15, 0.2) is 24.3 Å². The van der Waals surface area contributed by atoms with Gasteiger partial charge in [0.2, 0.25) is 0 Å². The van der Waals surface area contributed by atoms with Gasteiger partial charge in [0.1, 0.15) is 6.29 Å². The molecule has 2 unspecified atom stereocenters. The molecule has 1 fully saturated rings. The molecular formula is C14H18O3. The lowest BCUT2D eigenvalue weighted by molar-refractivity contribution is -0.0725. The zero-order valence-corrected chi connectivity index (χ0v) is 10.1. The number of rotatable bonds is 3. The van der Waals surface area contributed by atoms with Crippen LogP contribution in [0.2, 0.25) is 0 Å². The van der Waals surface area contributed by atoms with Gasteiger partial charge in [-0.2, -0.15) is 0 Å². The second-order valence-corrected chi connectivity index (χ2v) is 4.77. The zero-order chi connectivity index (χ0) is 12.3. The zero-order valence-electron chi connectivity index (χ0n) is 10.1. The molecule has 1 aliphatic rings. The Hall–Kier alpha value is -1.19. The highest BCUT2D eigenvalue weighted by Crippen LogP contribution is 2.35. The van der Waals surface area contributed by atoms with Crippen LogP contribution >= 0.6 is 0 Å². The van der Waals surface area contributed by atoms with E-state index in [0.717, 1.165) is 25.7 Å². The normalized spacial score (nSPS) is 24.0. The maximum atomic E-state index is 11.0. The Kier molecular flexibility index (Phi) is 3.60. The van der Waals surface area contributed by atoms with E-state index < -0.39 is 5.60 Å². The van der Waals surface area contributed by atoms with Crippen LogP contribution in [0.3, 0.4) is 0 Å². The molecular weight excluding hydrogens is 216 g/mol. The molecule has 0 saturated carbocycles. The fraction of sp³-hybridized carbons (Fsp3) is 0.500. The molecule has 2 atom stereocenters. The molecule has 1 saturated heterocycles.